The van der Waals surface area contributed by atoms with E-state index < -0.39 is 0 Å². The molecular formula is C16H19Cl2NO2. The molecule has 0 saturated carbocycles. The van der Waals surface area contributed by atoms with E-state index in [9.17, 15) is 0 Å². The van der Waals surface area contributed by atoms with Crippen LogP contribution in [0.2, 0.25) is 10.0 Å². The van der Waals surface area contributed by atoms with Gasteiger partial charge in [-0.1, -0.05) is 23.2 Å². The normalized spacial score (nSPS) is 11.0. The highest BCUT2D eigenvalue weighted by Crippen LogP contribution is 2.31. The molecule has 2 aromatic rings. The second-order valence-electron chi connectivity index (χ2n) is 4.62. The highest BCUT2D eigenvalue weighted by molar-refractivity contribution is 6.36. The number of halogens is 2. The summed E-state index contributed by atoms with van der Waals surface area (Å²) in [7, 11) is 0. The number of benzene rings is 1. The molecule has 114 valence electrons. The van der Waals surface area contributed by atoms with Gasteiger partial charge in [-0.3, -0.25) is 0 Å². The molecule has 21 heavy (non-hydrogen) atoms. The highest BCUT2D eigenvalue weighted by atomic mass is 35.5. The molecule has 0 aliphatic rings. The number of rotatable bonds is 8. The van der Waals surface area contributed by atoms with Crippen LogP contribution in [-0.2, 0) is 11.3 Å². The molecule has 1 heterocycles. The lowest BCUT2D eigenvalue weighted by atomic mass is 10.2. The van der Waals surface area contributed by atoms with Gasteiger partial charge in [-0.15, -0.1) is 0 Å². The minimum Gasteiger partial charge on any atom is -0.460 e. The van der Waals surface area contributed by atoms with Crippen molar-refractivity contribution in [1.29, 1.82) is 0 Å². The average Bonchev–Trinajstić information content (AvgIpc) is 2.91. The Balaban J connectivity index is 1.86. The summed E-state index contributed by atoms with van der Waals surface area (Å²) in [6, 6.07) is 9.26. The SMILES string of the molecule is CCOCCCNCc1ccc(-c2ccc(Cl)cc2Cl)o1. The molecule has 0 aliphatic heterocycles. The standard InChI is InChI=1S/C16H19Cl2NO2/c1-2-20-9-3-8-19-11-13-5-7-16(21-13)14-6-4-12(17)10-15(14)18/h4-7,10,19H,2-3,8-9,11H2,1H3. The minimum atomic E-state index is 0.591. The summed E-state index contributed by atoms with van der Waals surface area (Å²) in [6.07, 6.45) is 0.990. The largest absolute Gasteiger partial charge is 0.460 e. The molecule has 0 saturated heterocycles. The number of nitrogens with one attached hydrogen (secondary N) is 1. The van der Waals surface area contributed by atoms with Crippen LogP contribution in [0.3, 0.4) is 0 Å². The Hall–Kier alpha value is -1.00. The second-order valence-corrected chi connectivity index (χ2v) is 5.46. The van der Waals surface area contributed by atoms with Crippen LogP contribution in [0.1, 0.15) is 19.1 Å². The Morgan fingerprint density at radius 3 is 2.81 bits per heavy atom. The Morgan fingerprint density at radius 1 is 1.19 bits per heavy atom. The molecule has 2 rings (SSSR count). The van der Waals surface area contributed by atoms with Gasteiger partial charge in [0.15, 0.2) is 0 Å². The maximum absolute atomic E-state index is 6.17. The molecule has 0 unspecified atom stereocenters. The maximum Gasteiger partial charge on any atom is 0.135 e. The van der Waals surface area contributed by atoms with Crippen molar-refractivity contribution in [1.82, 2.24) is 5.32 Å². The summed E-state index contributed by atoms with van der Waals surface area (Å²) in [4.78, 5) is 0. The van der Waals surface area contributed by atoms with Crippen molar-refractivity contribution in [2.24, 2.45) is 0 Å². The van der Waals surface area contributed by atoms with E-state index in [2.05, 4.69) is 5.32 Å². The molecular weight excluding hydrogens is 309 g/mol. The van der Waals surface area contributed by atoms with Crippen molar-refractivity contribution >= 4 is 23.2 Å². The monoisotopic (exact) mass is 327 g/mol. The van der Waals surface area contributed by atoms with E-state index in [0.717, 1.165) is 43.3 Å². The molecule has 0 atom stereocenters. The first kappa shape index (κ1) is 16.4. The zero-order valence-electron chi connectivity index (χ0n) is 12.0. The average molecular weight is 328 g/mol. The van der Waals surface area contributed by atoms with Crippen LogP contribution in [0.5, 0.6) is 0 Å². The number of ether oxygens (including phenoxy) is 1. The van der Waals surface area contributed by atoms with Crippen molar-refractivity contribution < 1.29 is 9.15 Å². The van der Waals surface area contributed by atoms with Gasteiger partial charge in [0.25, 0.3) is 0 Å². The van der Waals surface area contributed by atoms with Crippen LogP contribution in [0, 0.1) is 0 Å². The molecule has 0 spiro atoms. The van der Waals surface area contributed by atoms with E-state index in [1.54, 1.807) is 12.1 Å². The van der Waals surface area contributed by atoms with Gasteiger partial charge in [0.2, 0.25) is 0 Å². The quantitative estimate of drug-likeness (QED) is 0.709. The fraction of sp³-hybridized carbons (Fsp3) is 0.375. The molecule has 1 N–H and O–H groups in total. The molecule has 1 aromatic carbocycles. The Morgan fingerprint density at radius 2 is 2.05 bits per heavy atom. The predicted octanol–water partition coefficient (Wildman–Crippen LogP) is 4.77. The lowest BCUT2D eigenvalue weighted by Crippen LogP contribution is -2.15. The van der Waals surface area contributed by atoms with Crippen LogP contribution in [0.4, 0.5) is 0 Å². The van der Waals surface area contributed by atoms with E-state index in [4.69, 9.17) is 32.4 Å². The lowest BCUT2D eigenvalue weighted by molar-refractivity contribution is 0.144. The van der Waals surface area contributed by atoms with Gasteiger partial charge in [0.1, 0.15) is 11.5 Å². The number of hydrogen-bond donors (Lipinski definition) is 1. The first-order valence-corrected chi connectivity index (χ1v) is 7.79. The minimum absolute atomic E-state index is 0.591. The fourth-order valence-electron chi connectivity index (χ4n) is 1.96. The van der Waals surface area contributed by atoms with E-state index in [1.165, 1.54) is 0 Å². The molecule has 0 amide bonds. The van der Waals surface area contributed by atoms with Crippen LogP contribution < -0.4 is 5.32 Å². The molecule has 0 radical (unpaired) electrons. The van der Waals surface area contributed by atoms with Gasteiger partial charge in [0.05, 0.1) is 11.6 Å². The predicted molar refractivity (Wildman–Crippen MR) is 87.0 cm³/mol. The number of furan rings is 1. The van der Waals surface area contributed by atoms with E-state index in [-0.39, 0.29) is 0 Å². The summed E-state index contributed by atoms with van der Waals surface area (Å²) in [5, 5.41) is 4.53. The van der Waals surface area contributed by atoms with Crippen molar-refractivity contribution in [3.05, 3.63) is 46.1 Å². The highest BCUT2D eigenvalue weighted by Gasteiger charge is 2.09. The summed E-state index contributed by atoms with van der Waals surface area (Å²) >= 11 is 12.1. The van der Waals surface area contributed by atoms with Crippen LogP contribution in [0.25, 0.3) is 11.3 Å². The van der Waals surface area contributed by atoms with Gasteiger partial charge in [-0.2, -0.15) is 0 Å². The zero-order valence-corrected chi connectivity index (χ0v) is 13.5. The smallest absolute Gasteiger partial charge is 0.135 e. The molecule has 0 fully saturated rings. The van der Waals surface area contributed by atoms with E-state index >= 15 is 0 Å². The summed E-state index contributed by atoms with van der Waals surface area (Å²) < 4.78 is 11.1. The number of hydrogen-bond acceptors (Lipinski definition) is 3. The van der Waals surface area contributed by atoms with Gasteiger partial charge in [0, 0.05) is 23.8 Å². The second kappa shape index (κ2) is 8.44. The maximum atomic E-state index is 6.17. The van der Waals surface area contributed by atoms with E-state index in [0.29, 0.717) is 16.6 Å². The van der Waals surface area contributed by atoms with E-state index in [1.807, 2.05) is 25.1 Å². The Bertz CT molecular complexity index is 569. The molecule has 5 heteroatoms. The topological polar surface area (TPSA) is 34.4 Å². The van der Waals surface area contributed by atoms with Crippen molar-refractivity contribution in [2.45, 2.75) is 19.9 Å². The third-order valence-electron chi connectivity index (χ3n) is 3.00. The van der Waals surface area contributed by atoms with Crippen molar-refractivity contribution in [3.63, 3.8) is 0 Å². The molecule has 0 bridgehead atoms. The van der Waals surface area contributed by atoms with Crippen LogP contribution in [-0.4, -0.2) is 19.8 Å². The van der Waals surface area contributed by atoms with Gasteiger partial charge >= 0.3 is 0 Å². The third-order valence-corrected chi connectivity index (χ3v) is 3.55. The molecule has 1 aromatic heterocycles. The fourth-order valence-corrected chi connectivity index (χ4v) is 2.46. The lowest BCUT2D eigenvalue weighted by Gasteiger charge is -2.04. The zero-order chi connectivity index (χ0) is 15.1. The summed E-state index contributed by atoms with van der Waals surface area (Å²) in [6.45, 7) is 5.14. The van der Waals surface area contributed by atoms with Crippen LogP contribution >= 0.6 is 23.2 Å². The van der Waals surface area contributed by atoms with Crippen molar-refractivity contribution in [3.8, 4) is 11.3 Å². The van der Waals surface area contributed by atoms with Gasteiger partial charge in [-0.25, -0.2) is 0 Å². The van der Waals surface area contributed by atoms with Crippen LogP contribution in [0.15, 0.2) is 34.7 Å². The van der Waals surface area contributed by atoms with Crippen molar-refractivity contribution in [2.75, 3.05) is 19.8 Å². The van der Waals surface area contributed by atoms with Gasteiger partial charge < -0.3 is 14.5 Å². The first-order chi connectivity index (χ1) is 10.2. The Kier molecular flexibility index (Phi) is 6.58. The first-order valence-electron chi connectivity index (χ1n) is 7.03. The molecule has 3 nitrogen and oxygen atoms in total. The molecule has 0 aliphatic carbocycles. The summed E-state index contributed by atoms with van der Waals surface area (Å²) in [5.74, 6) is 1.63. The summed E-state index contributed by atoms with van der Waals surface area (Å²) in [5.41, 5.74) is 0.851. The van der Waals surface area contributed by atoms with Gasteiger partial charge in [-0.05, 0) is 50.2 Å². The third kappa shape index (κ3) is 5.04. The Labute approximate surface area is 135 Å².